The largest absolute Gasteiger partial charge is 0.509 e. The van der Waals surface area contributed by atoms with Crippen molar-refractivity contribution in [3.05, 3.63) is 23.8 Å². The summed E-state index contributed by atoms with van der Waals surface area (Å²) in [5.74, 6) is -4.41. The molecule has 4 aliphatic carbocycles. The van der Waals surface area contributed by atoms with Crippen LogP contribution in [0, 0.1) is 34.0 Å². The van der Waals surface area contributed by atoms with Gasteiger partial charge in [0.1, 0.15) is 12.3 Å². The summed E-state index contributed by atoms with van der Waals surface area (Å²) in [5.41, 5.74) is -7.88. The van der Waals surface area contributed by atoms with Crippen molar-refractivity contribution in [1.29, 1.82) is 0 Å². The number of hydrogen-bond donors (Lipinski definition) is 2. The second kappa shape index (κ2) is 8.86. The molecule has 0 heterocycles. The Morgan fingerprint density at radius 3 is 2.39 bits per heavy atom. The fraction of sp³-hybridized carbons (Fsp3) is 0.759. The molecule has 3 fully saturated rings. The number of aliphatic hydroxyl groups is 1. The quantitative estimate of drug-likeness (QED) is 0.464. The summed E-state index contributed by atoms with van der Waals surface area (Å²) in [7, 11) is 0. The summed E-state index contributed by atoms with van der Waals surface area (Å²) >= 11 is 0. The van der Waals surface area contributed by atoms with Crippen molar-refractivity contribution in [1.82, 2.24) is 0 Å². The van der Waals surface area contributed by atoms with Crippen LogP contribution in [-0.4, -0.2) is 57.8 Å². The molecule has 0 aromatic carbocycles. The monoisotopic (exact) mass is 538 g/mol. The molecule has 38 heavy (non-hydrogen) atoms. The number of hydrogen-bond acceptors (Lipinski definition) is 6. The Bertz CT molecular complexity index is 1090. The first-order valence-electron chi connectivity index (χ1n) is 13.5. The number of halogens is 2. The van der Waals surface area contributed by atoms with E-state index in [1.54, 1.807) is 13.8 Å². The third kappa shape index (κ3) is 3.63. The minimum absolute atomic E-state index is 0.00504. The molecule has 9 heteroatoms. The van der Waals surface area contributed by atoms with Crippen LogP contribution < -0.4 is 0 Å². The second-order valence-electron chi connectivity index (χ2n) is 13.3. The van der Waals surface area contributed by atoms with Gasteiger partial charge >= 0.3 is 12.1 Å². The molecule has 0 bridgehead atoms. The summed E-state index contributed by atoms with van der Waals surface area (Å²) in [5, 5.41) is 22.0. The second-order valence-corrected chi connectivity index (χ2v) is 13.3. The Kier molecular flexibility index (Phi) is 6.70. The normalized spacial score (nSPS) is 44.8. The number of carbonyl (C=O) groups is 3. The van der Waals surface area contributed by atoms with E-state index in [1.807, 2.05) is 27.7 Å². The number of carbonyl (C=O) groups excluding carboxylic acids is 2. The van der Waals surface area contributed by atoms with Gasteiger partial charge in [0.05, 0.1) is 6.10 Å². The Morgan fingerprint density at radius 1 is 1.21 bits per heavy atom. The Balaban J connectivity index is 1.77. The maximum atomic E-state index is 17.3. The van der Waals surface area contributed by atoms with E-state index in [4.69, 9.17) is 9.47 Å². The molecule has 7 nitrogen and oxygen atoms in total. The zero-order valence-electron chi connectivity index (χ0n) is 23.2. The summed E-state index contributed by atoms with van der Waals surface area (Å²) in [4.78, 5) is 38.1. The smallest absolute Gasteiger partial charge is 0.478 e. The van der Waals surface area contributed by atoms with Crippen LogP contribution in [0.25, 0.3) is 0 Å². The number of ketones is 1. The van der Waals surface area contributed by atoms with Crippen molar-refractivity contribution in [2.75, 3.05) is 0 Å². The van der Waals surface area contributed by atoms with Gasteiger partial charge in [-0.15, -0.1) is 0 Å². The SMILES string of the molecule is CCC(OC(=O)O[C@]1(C(=O)O)[C@H](C)C[C@H]2[C@@H]3C[C@H](F)C4=CC(=O)C=C[C@]4(C)[C@@]3(F)[C@@H](O)C[C@@]21C)C(C)(C)C. The van der Waals surface area contributed by atoms with Crippen LogP contribution in [0.1, 0.15) is 74.1 Å². The van der Waals surface area contributed by atoms with E-state index in [0.29, 0.717) is 6.42 Å². The van der Waals surface area contributed by atoms with Crippen LogP contribution in [-0.2, 0) is 19.1 Å². The van der Waals surface area contributed by atoms with Gasteiger partial charge in [-0.05, 0) is 61.7 Å². The lowest BCUT2D eigenvalue weighted by Gasteiger charge is -2.62. The van der Waals surface area contributed by atoms with Crippen molar-refractivity contribution < 1.29 is 42.9 Å². The lowest BCUT2D eigenvalue weighted by atomic mass is 9.44. The number of aliphatic hydroxyl groups excluding tert-OH is 1. The molecule has 4 aliphatic rings. The minimum Gasteiger partial charge on any atom is -0.478 e. The molecule has 0 radical (unpaired) electrons. The van der Waals surface area contributed by atoms with Crippen molar-refractivity contribution in [3.63, 3.8) is 0 Å². The molecule has 212 valence electrons. The summed E-state index contributed by atoms with van der Waals surface area (Å²) in [6, 6.07) is 0. The van der Waals surface area contributed by atoms with Gasteiger partial charge < -0.3 is 19.7 Å². The molecule has 2 N–H and O–H groups in total. The molecule has 0 aromatic rings. The number of carboxylic acids is 1. The average Bonchev–Trinajstić information content (AvgIpc) is 3.02. The highest BCUT2D eigenvalue weighted by Gasteiger charge is 2.78. The molecule has 1 unspecified atom stereocenters. The van der Waals surface area contributed by atoms with Crippen molar-refractivity contribution in [2.24, 2.45) is 34.0 Å². The number of allylic oxidation sites excluding steroid dienone is 4. The molecule has 0 saturated heterocycles. The predicted octanol–water partition coefficient (Wildman–Crippen LogP) is 5.35. The van der Waals surface area contributed by atoms with Crippen LogP contribution >= 0.6 is 0 Å². The highest BCUT2D eigenvalue weighted by molar-refractivity contribution is 6.01. The third-order valence-corrected chi connectivity index (χ3v) is 10.3. The van der Waals surface area contributed by atoms with E-state index in [-0.39, 0.29) is 24.8 Å². The number of alkyl halides is 2. The highest BCUT2D eigenvalue weighted by atomic mass is 19.1. The Labute approximate surface area is 222 Å². The number of carboxylic acid groups (broad SMARTS) is 1. The maximum absolute atomic E-state index is 17.3. The molecule has 3 saturated carbocycles. The van der Waals surface area contributed by atoms with Crippen LogP contribution in [0.3, 0.4) is 0 Å². The van der Waals surface area contributed by atoms with Gasteiger partial charge in [0, 0.05) is 22.7 Å². The standard InChI is InChI=1S/C29H40F2O7/c1-8-22(25(3,4)5)37-24(36)38-29(23(34)35)15(2)11-17-18-13-20(30)19-12-16(32)9-10-26(19,6)28(18,31)21(33)14-27(17,29)7/h9-10,12,15,17-18,20-22,33H,8,11,13-14H2,1-7H3,(H,34,35)/t15-,17+,18+,20+,21+,22?,26+,27+,28+,29+/m1/s1. The molecule has 0 aromatic heterocycles. The molecular weight excluding hydrogens is 498 g/mol. The van der Waals surface area contributed by atoms with Crippen LogP contribution in [0.5, 0.6) is 0 Å². The van der Waals surface area contributed by atoms with Gasteiger partial charge in [0.25, 0.3) is 0 Å². The summed E-state index contributed by atoms with van der Waals surface area (Å²) in [6.07, 6.45) is -1.37. The lowest BCUT2D eigenvalue weighted by molar-refractivity contribution is -0.232. The predicted molar refractivity (Wildman–Crippen MR) is 135 cm³/mol. The van der Waals surface area contributed by atoms with E-state index in [1.165, 1.54) is 19.1 Å². The molecule has 10 atom stereocenters. The van der Waals surface area contributed by atoms with Gasteiger partial charge in [-0.1, -0.05) is 47.6 Å². The first kappa shape index (κ1) is 28.7. The fourth-order valence-electron chi connectivity index (χ4n) is 8.38. The van der Waals surface area contributed by atoms with E-state index >= 15 is 8.78 Å². The molecule has 0 amide bonds. The Hall–Kier alpha value is -2.29. The number of ether oxygens (including phenoxy) is 2. The number of fused-ring (bicyclic) bond motifs is 5. The summed E-state index contributed by atoms with van der Waals surface area (Å²) < 4.78 is 44.3. The average molecular weight is 539 g/mol. The molecular formula is C29H40F2O7. The van der Waals surface area contributed by atoms with Gasteiger partial charge in [-0.2, -0.15) is 0 Å². The zero-order valence-corrected chi connectivity index (χ0v) is 23.2. The molecule has 0 spiro atoms. The van der Waals surface area contributed by atoms with Crippen molar-refractivity contribution in [2.45, 2.75) is 104 Å². The van der Waals surface area contributed by atoms with Crippen LogP contribution in [0.4, 0.5) is 13.6 Å². The van der Waals surface area contributed by atoms with Gasteiger partial charge in [-0.25, -0.2) is 18.4 Å². The van der Waals surface area contributed by atoms with Crippen LogP contribution in [0.15, 0.2) is 23.8 Å². The minimum atomic E-state index is -2.35. The summed E-state index contributed by atoms with van der Waals surface area (Å²) in [6.45, 7) is 12.2. The van der Waals surface area contributed by atoms with E-state index in [9.17, 15) is 24.6 Å². The zero-order chi connectivity index (χ0) is 28.6. The first-order chi connectivity index (χ1) is 17.4. The van der Waals surface area contributed by atoms with E-state index in [0.717, 1.165) is 6.08 Å². The third-order valence-electron chi connectivity index (χ3n) is 10.3. The lowest BCUT2D eigenvalue weighted by Crippen LogP contribution is -2.71. The van der Waals surface area contributed by atoms with Crippen LogP contribution in [0.2, 0.25) is 0 Å². The fourth-order valence-corrected chi connectivity index (χ4v) is 8.38. The van der Waals surface area contributed by atoms with Gasteiger partial charge in [0.15, 0.2) is 11.5 Å². The topological polar surface area (TPSA) is 110 Å². The van der Waals surface area contributed by atoms with Crippen molar-refractivity contribution >= 4 is 17.9 Å². The van der Waals surface area contributed by atoms with Gasteiger partial charge in [-0.3, -0.25) is 4.79 Å². The maximum Gasteiger partial charge on any atom is 0.509 e. The van der Waals surface area contributed by atoms with E-state index < -0.39 is 81.6 Å². The Morgan fingerprint density at radius 2 is 1.84 bits per heavy atom. The number of aliphatic carboxylic acids is 1. The first-order valence-corrected chi connectivity index (χ1v) is 13.5. The molecule has 4 rings (SSSR count). The molecule has 0 aliphatic heterocycles. The van der Waals surface area contributed by atoms with Crippen molar-refractivity contribution in [3.8, 4) is 0 Å². The number of rotatable bonds is 4. The van der Waals surface area contributed by atoms with Gasteiger partial charge in [0.2, 0.25) is 5.60 Å². The highest BCUT2D eigenvalue weighted by Crippen LogP contribution is 2.71. The van der Waals surface area contributed by atoms with E-state index in [2.05, 4.69) is 0 Å².